The molecule has 4 saturated carbocycles. The summed E-state index contributed by atoms with van der Waals surface area (Å²) in [6.45, 7) is 6.07. The predicted molar refractivity (Wildman–Crippen MR) is 113 cm³/mol. The van der Waals surface area contributed by atoms with Crippen LogP contribution in [-0.4, -0.2) is 36.9 Å². The van der Waals surface area contributed by atoms with Gasteiger partial charge in [0.25, 0.3) is 0 Å². The SMILES string of the molecule is Cc1ccc(C)c(-n2nnnc2SC(C)C(=O)NC23CC4CC(CC(C4)C2)C3)c1. The van der Waals surface area contributed by atoms with Crippen molar-refractivity contribution in [2.24, 2.45) is 17.8 Å². The number of carbonyl (C=O) groups is 1. The summed E-state index contributed by atoms with van der Waals surface area (Å²) in [5.41, 5.74) is 3.27. The van der Waals surface area contributed by atoms with Gasteiger partial charge in [-0.05, 0) is 105 Å². The molecule has 0 spiro atoms. The van der Waals surface area contributed by atoms with Crippen LogP contribution in [0.2, 0.25) is 0 Å². The largest absolute Gasteiger partial charge is 0.350 e. The second-order valence-corrected chi connectivity index (χ2v) is 10.9. The minimum atomic E-state index is -0.238. The summed E-state index contributed by atoms with van der Waals surface area (Å²) in [7, 11) is 0. The normalized spacial score (nSPS) is 31.1. The molecule has 1 amide bonds. The van der Waals surface area contributed by atoms with Crippen molar-refractivity contribution in [1.29, 1.82) is 0 Å². The Hall–Kier alpha value is -1.89. The van der Waals surface area contributed by atoms with E-state index in [1.807, 2.05) is 13.8 Å². The lowest BCUT2D eigenvalue weighted by Crippen LogP contribution is -2.60. The maximum atomic E-state index is 13.1. The van der Waals surface area contributed by atoms with Crippen molar-refractivity contribution in [1.82, 2.24) is 25.5 Å². The van der Waals surface area contributed by atoms with Gasteiger partial charge < -0.3 is 5.32 Å². The van der Waals surface area contributed by atoms with E-state index in [4.69, 9.17) is 0 Å². The van der Waals surface area contributed by atoms with Gasteiger partial charge in [-0.15, -0.1) is 5.10 Å². The van der Waals surface area contributed by atoms with E-state index in [1.165, 1.54) is 50.3 Å². The first-order valence-corrected chi connectivity index (χ1v) is 11.6. The van der Waals surface area contributed by atoms with Crippen LogP contribution in [0.15, 0.2) is 23.4 Å². The fourth-order valence-electron chi connectivity index (χ4n) is 6.19. The van der Waals surface area contributed by atoms with E-state index in [1.54, 1.807) is 4.68 Å². The van der Waals surface area contributed by atoms with Crippen molar-refractivity contribution >= 4 is 17.7 Å². The van der Waals surface area contributed by atoms with E-state index < -0.39 is 0 Å². The second kappa shape index (κ2) is 7.11. The number of hydrogen-bond acceptors (Lipinski definition) is 5. The minimum Gasteiger partial charge on any atom is -0.350 e. The molecule has 1 unspecified atom stereocenters. The van der Waals surface area contributed by atoms with E-state index in [2.05, 4.69) is 46.0 Å². The molecule has 29 heavy (non-hydrogen) atoms. The number of tetrazole rings is 1. The molecule has 4 aliphatic carbocycles. The number of carbonyl (C=O) groups excluding carboxylic acids is 1. The Morgan fingerprint density at radius 2 is 1.83 bits per heavy atom. The van der Waals surface area contributed by atoms with E-state index in [0.717, 1.165) is 34.6 Å². The van der Waals surface area contributed by atoms with Crippen molar-refractivity contribution in [3.05, 3.63) is 29.3 Å². The Morgan fingerprint density at radius 1 is 1.17 bits per heavy atom. The summed E-state index contributed by atoms with van der Waals surface area (Å²) < 4.78 is 1.75. The molecule has 2 aromatic rings. The standard InChI is InChI=1S/C22H29N5OS/c1-13-4-5-14(2)19(6-13)27-21(24-25-26-27)29-15(3)20(28)23-22-10-16-7-17(11-22)9-18(8-16)12-22/h4-6,15-18H,7-12H2,1-3H3,(H,23,28). The quantitative estimate of drug-likeness (QED) is 0.757. The Bertz CT molecular complexity index is 904. The smallest absolute Gasteiger partial charge is 0.233 e. The van der Waals surface area contributed by atoms with Gasteiger partial charge in [0.1, 0.15) is 0 Å². The molecule has 6 rings (SSSR count). The zero-order valence-electron chi connectivity index (χ0n) is 17.4. The van der Waals surface area contributed by atoms with Gasteiger partial charge in [-0.1, -0.05) is 23.9 Å². The number of rotatable bonds is 5. The molecular weight excluding hydrogens is 382 g/mol. The predicted octanol–water partition coefficient (Wildman–Crippen LogP) is 3.84. The van der Waals surface area contributed by atoms with E-state index in [0.29, 0.717) is 5.16 Å². The third kappa shape index (κ3) is 3.58. The van der Waals surface area contributed by atoms with E-state index in [9.17, 15) is 4.79 Å². The van der Waals surface area contributed by atoms with Crippen molar-refractivity contribution in [2.45, 2.75) is 75.2 Å². The van der Waals surface area contributed by atoms with Crippen LogP contribution in [-0.2, 0) is 4.79 Å². The maximum absolute atomic E-state index is 13.1. The summed E-state index contributed by atoms with van der Waals surface area (Å²) in [4.78, 5) is 13.1. The van der Waals surface area contributed by atoms with Crippen LogP contribution in [0.25, 0.3) is 5.69 Å². The zero-order chi connectivity index (χ0) is 20.2. The number of hydrogen-bond donors (Lipinski definition) is 1. The van der Waals surface area contributed by atoms with Gasteiger partial charge in [0.15, 0.2) is 0 Å². The first-order chi connectivity index (χ1) is 13.9. The molecule has 6 nitrogen and oxygen atoms in total. The van der Waals surface area contributed by atoms with Crippen molar-refractivity contribution in [3.8, 4) is 5.69 Å². The molecule has 154 valence electrons. The number of aromatic nitrogens is 4. The Morgan fingerprint density at radius 3 is 2.48 bits per heavy atom. The van der Waals surface area contributed by atoms with Crippen LogP contribution in [0.4, 0.5) is 0 Å². The average molecular weight is 412 g/mol. The van der Waals surface area contributed by atoms with Crippen LogP contribution in [0.5, 0.6) is 0 Å². The van der Waals surface area contributed by atoms with Gasteiger partial charge in [0.05, 0.1) is 10.9 Å². The van der Waals surface area contributed by atoms with Crippen LogP contribution < -0.4 is 5.32 Å². The van der Waals surface area contributed by atoms with Gasteiger partial charge in [0, 0.05) is 5.54 Å². The first-order valence-electron chi connectivity index (χ1n) is 10.8. The van der Waals surface area contributed by atoms with Crippen molar-refractivity contribution < 1.29 is 4.79 Å². The van der Waals surface area contributed by atoms with Crippen LogP contribution in [0.3, 0.4) is 0 Å². The lowest BCUT2D eigenvalue weighted by molar-refractivity contribution is -0.126. The van der Waals surface area contributed by atoms with Crippen molar-refractivity contribution in [2.75, 3.05) is 0 Å². The lowest BCUT2D eigenvalue weighted by Gasteiger charge is -2.57. The summed E-state index contributed by atoms with van der Waals surface area (Å²) >= 11 is 1.44. The number of aryl methyl sites for hydroxylation is 2. The summed E-state index contributed by atoms with van der Waals surface area (Å²) in [6.07, 6.45) is 7.64. The molecule has 1 atom stereocenters. The highest BCUT2D eigenvalue weighted by Crippen LogP contribution is 2.55. The Labute approximate surface area is 176 Å². The van der Waals surface area contributed by atoms with Gasteiger partial charge in [-0.25, -0.2) is 0 Å². The van der Waals surface area contributed by atoms with Gasteiger partial charge in [0.2, 0.25) is 11.1 Å². The highest BCUT2D eigenvalue weighted by atomic mass is 32.2. The van der Waals surface area contributed by atoms with E-state index >= 15 is 0 Å². The number of thioether (sulfide) groups is 1. The van der Waals surface area contributed by atoms with Crippen molar-refractivity contribution in [3.63, 3.8) is 0 Å². The Balaban J connectivity index is 1.30. The third-order valence-corrected chi connectivity index (χ3v) is 8.14. The fourth-order valence-corrected chi connectivity index (χ4v) is 6.99. The van der Waals surface area contributed by atoms with Gasteiger partial charge >= 0.3 is 0 Å². The van der Waals surface area contributed by atoms with Gasteiger partial charge in [-0.3, -0.25) is 4.79 Å². The maximum Gasteiger partial charge on any atom is 0.233 e. The molecular formula is C22H29N5OS. The molecule has 4 bridgehead atoms. The second-order valence-electron chi connectivity index (χ2n) is 9.61. The number of nitrogens with one attached hydrogen (secondary N) is 1. The monoisotopic (exact) mass is 411 g/mol. The summed E-state index contributed by atoms with van der Waals surface area (Å²) in [6, 6.07) is 6.23. The van der Waals surface area contributed by atoms with Crippen LogP contribution >= 0.6 is 11.8 Å². The molecule has 0 radical (unpaired) electrons. The number of amides is 1. The summed E-state index contributed by atoms with van der Waals surface area (Å²) in [5.74, 6) is 2.58. The molecule has 4 fully saturated rings. The highest BCUT2D eigenvalue weighted by Gasteiger charge is 2.51. The number of benzene rings is 1. The third-order valence-electron chi connectivity index (χ3n) is 7.11. The molecule has 7 heteroatoms. The molecule has 4 aliphatic rings. The molecule has 1 aromatic heterocycles. The number of nitrogens with zero attached hydrogens (tertiary/aromatic N) is 4. The zero-order valence-corrected chi connectivity index (χ0v) is 18.2. The topological polar surface area (TPSA) is 72.7 Å². The molecule has 1 heterocycles. The van der Waals surface area contributed by atoms with Crippen LogP contribution in [0, 0.1) is 31.6 Å². The van der Waals surface area contributed by atoms with E-state index in [-0.39, 0.29) is 16.7 Å². The molecule has 1 N–H and O–H groups in total. The average Bonchev–Trinajstić information content (AvgIpc) is 3.10. The fraction of sp³-hybridized carbons (Fsp3) is 0.636. The summed E-state index contributed by atoms with van der Waals surface area (Å²) in [5, 5.41) is 16.2. The Kier molecular flexibility index (Phi) is 4.68. The van der Waals surface area contributed by atoms with Gasteiger partial charge in [-0.2, -0.15) is 4.68 Å². The minimum absolute atomic E-state index is 0.0414. The lowest BCUT2D eigenvalue weighted by atomic mass is 9.53. The van der Waals surface area contributed by atoms with Crippen LogP contribution in [0.1, 0.15) is 56.6 Å². The first kappa shape index (κ1) is 19.1. The molecule has 1 aromatic carbocycles. The molecule has 0 aliphatic heterocycles. The molecule has 0 saturated heterocycles. The highest BCUT2D eigenvalue weighted by molar-refractivity contribution is 8.00.